The van der Waals surface area contributed by atoms with Crippen molar-refractivity contribution in [3.8, 4) is 5.75 Å². The van der Waals surface area contributed by atoms with E-state index in [4.69, 9.17) is 16.3 Å². The molecule has 3 aromatic carbocycles. The second-order valence-corrected chi connectivity index (χ2v) is 9.81. The Bertz CT molecular complexity index is 1220. The number of piperidine rings is 1. The maximum absolute atomic E-state index is 6.20. The first-order chi connectivity index (χ1) is 16.7. The quantitative estimate of drug-likeness (QED) is 0.273. The molecule has 1 aromatic heterocycles. The van der Waals surface area contributed by atoms with Gasteiger partial charge in [-0.05, 0) is 73.7 Å². The van der Waals surface area contributed by atoms with Gasteiger partial charge in [0.15, 0.2) is 0 Å². The fourth-order valence-corrected chi connectivity index (χ4v) is 5.52. The van der Waals surface area contributed by atoms with Gasteiger partial charge < -0.3 is 9.30 Å². The number of aryl methyl sites for hydroxylation is 1. The van der Waals surface area contributed by atoms with Crippen LogP contribution in [-0.2, 0) is 26.5 Å². The van der Waals surface area contributed by atoms with Crippen molar-refractivity contribution in [2.45, 2.75) is 44.8 Å². The Hall–Kier alpha value is -2.75. The lowest BCUT2D eigenvalue weighted by Gasteiger charge is -2.36. The maximum atomic E-state index is 6.20. The molecule has 3 nitrogen and oxygen atoms in total. The van der Waals surface area contributed by atoms with Gasteiger partial charge in [-0.15, -0.1) is 0 Å². The van der Waals surface area contributed by atoms with E-state index in [1.54, 1.807) is 0 Å². The summed E-state index contributed by atoms with van der Waals surface area (Å²) in [5.41, 5.74) is 5.39. The smallest absolute Gasteiger partial charge is 0.128 e. The minimum absolute atomic E-state index is 0.551. The van der Waals surface area contributed by atoms with Crippen molar-refractivity contribution < 1.29 is 4.74 Å². The average Bonchev–Trinajstić information content (AvgIpc) is 3.14. The summed E-state index contributed by atoms with van der Waals surface area (Å²) in [6, 6.07) is 28.0. The van der Waals surface area contributed by atoms with Crippen LogP contribution >= 0.6 is 11.6 Å². The topological polar surface area (TPSA) is 17.4 Å². The van der Waals surface area contributed by atoms with E-state index in [1.807, 2.05) is 24.3 Å². The molecule has 1 saturated heterocycles. The Morgan fingerprint density at radius 3 is 2.50 bits per heavy atom. The number of aromatic nitrogens is 1. The van der Waals surface area contributed by atoms with E-state index in [1.165, 1.54) is 53.5 Å². The molecule has 5 rings (SSSR count). The van der Waals surface area contributed by atoms with Gasteiger partial charge in [0.2, 0.25) is 0 Å². The van der Waals surface area contributed by atoms with Gasteiger partial charge in [0, 0.05) is 35.6 Å². The number of rotatable bonds is 8. The molecule has 0 amide bonds. The zero-order valence-corrected chi connectivity index (χ0v) is 20.7. The molecule has 2 heterocycles. The third-order valence-electron chi connectivity index (χ3n) is 7.25. The first kappa shape index (κ1) is 23.0. The van der Waals surface area contributed by atoms with Crippen molar-refractivity contribution >= 4 is 22.5 Å². The van der Waals surface area contributed by atoms with Gasteiger partial charge in [-0.25, -0.2) is 0 Å². The summed E-state index contributed by atoms with van der Waals surface area (Å²) in [4.78, 5) is 2.72. The molecule has 1 aliphatic heterocycles. The molecule has 1 unspecified atom stereocenters. The fraction of sp³-hybridized carbons (Fsp3) is 0.333. The normalized spacial score (nSPS) is 16.7. The SMILES string of the molecule is Cn1c(COc2ccc(Cl)cc2)c(CCN2CCCCC2Cc2ccccc2)c2ccccc21. The Balaban J connectivity index is 1.35. The average molecular weight is 473 g/mol. The molecule has 1 atom stereocenters. The van der Waals surface area contributed by atoms with E-state index < -0.39 is 0 Å². The van der Waals surface area contributed by atoms with Crippen LogP contribution in [-0.4, -0.2) is 28.6 Å². The van der Waals surface area contributed by atoms with Crippen molar-refractivity contribution in [2.24, 2.45) is 7.05 Å². The van der Waals surface area contributed by atoms with Gasteiger partial charge in [-0.1, -0.05) is 66.6 Å². The highest BCUT2D eigenvalue weighted by atomic mass is 35.5. The zero-order chi connectivity index (χ0) is 23.3. The van der Waals surface area contributed by atoms with Crippen molar-refractivity contribution in [2.75, 3.05) is 13.1 Å². The summed E-state index contributed by atoms with van der Waals surface area (Å²) in [6.45, 7) is 2.83. The minimum Gasteiger partial charge on any atom is -0.487 e. The Labute approximate surface area is 207 Å². The van der Waals surface area contributed by atoms with E-state index in [2.05, 4.69) is 71.1 Å². The first-order valence-electron chi connectivity index (χ1n) is 12.4. The lowest BCUT2D eigenvalue weighted by atomic mass is 9.95. The number of hydrogen-bond acceptors (Lipinski definition) is 2. The highest BCUT2D eigenvalue weighted by Crippen LogP contribution is 2.29. The van der Waals surface area contributed by atoms with Crippen molar-refractivity contribution in [1.82, 2.24) is 9.47 Å². The number of hydrogen-bond donors (Lipinski definition) is 0. The molecule has 34 heavy (non-hydrogen) atoms. The van der Waals surface area contributed by atoms with E-state index in [-0.39, 0.29) is 0 Å². The molecule has 1 aliphatic rings. The Kier molecular flexibility index (Phi) is 7.22. The fourth-order valence-electron chi connectivity index (χ4n) is 5.40. The van der Waals surface area contributed by atoms with Crippen LogP contribution in [0.2, 0.25) is 5.02 Å². The van der Waals surface area contributed by atoms with Crippen LogP contribution in [0.25, 0.3) is 10.9 Å². The first-order valence-corrected chi connectivity index (χ1v) is 12.8. The van der Waals surface area contributed by atoms with Gasteiger partial charge in [0.25, 0.3) is 0 Å². The van der Waals surface area contributed by atoms with Crippen LogP contribution < -0.4 is 4.74 Å². The highest BCUT2D eigenvalue weighted by Gasteiger charge is 2.24. The molecule has 0 saturated carbocycles. The van der Waals surface area contributed by atoms with Gasteiger partial charge in [-0.2, -0.15) is 0 Å². The standard InChI is InChI=1S/C30H33ClN2O/c1-32-29-13-6-5-12-27(29)28(30(32)22-34-26-16-14-24(31)15-17-26)18-20-33-19-8-7-11-25(33)21-23-9-3-2-4-10-23/h2-6,9-10,12-17,25H,7-8,11,18-22H2,1H3. The Morgan fingerprint density at radius 2 is 1.68 bits per heavy atom. The predicted octanol–water partition coefficient (Wildman–Crippen LogP) is 7.05. The van der Waals surface area contributed by atoms with E-state index in [0.717, 1.165) is 30.2 Å². The summed E-state index contributed by atoms with van der Waals surface area (Å²) in [5, 5.41) is 2.07. The van der Waals surface area contributed by atoms with Crippen molar-refractivity contribution in [3.05, 3.63) is 101 Å². The molecule has 4 heteroatoms. The van der Waals surface area contributed by atoms with Crippen LogP contribution in [0.4, 0.5) is 0 Å². The summed E-state index contributed by atoms with van der Waals surface area (Å²) in [6.07, 6.45) is 6.10. The van der Waals surface area contributed by atoms with Gasteiger partial charge >= 0.3 is 0 Å². The molecule has 0 N–H and O–H groups in total. The molecule has 0 bridgehead atoms. The van der Waals surface area contributed by atoms with Crippen LogP contribution in [0.3, 0.4) is 0 Å². The molecule has 176 valence electrons. The second kappa shape index (κ2) is 10.7. The number of halogens is 1. The van der Waals surface area contributed by atoms with E-state index in [0.29, 0.717) is 12.6 Å². The van der Waals surface area contributed by atoms with Crippen LogP contribution in [0.15, 0.2) is 78.9 Å². The number of fused-ring (bicyclic) bond motifs is 1. The molecular weight excluding hydrogens is 440 g/mol. The molecular formula is C30H33ClN2O. The number of likely N-dealkylation sites (tertiary alicyclic amines) is 1. The second-order valence-electron chi connectivity index (χ2n) is 9.37. The van der Waals surface area contributed by atoms with Gasteiger partial charge in [0.05, 0.1) is 5.69 Å². The monoisotopic (exact) mass is 472 g/mol. The van der Waals surface area contributed by atoms with Crippen molar-refractivity contribution in [1.29, 1.82) is 0 Å². The number of nitrogens with zero attached hydrogens (tertiary/aromatic N) is 2. The van der Waals surface area contributed by atoms with Crippen LogP contribution in [0.1, 0.15) is 36.1 Å². The molecule has 0 aliphatic carbocycles. The lowest BCUT2D eigenvalue weighted by molar-refractivity contribution is 0.149. The lowest BCUT2D eigenvalue weighted by Crippen LogP contribution is -2.42. The molecule has 1 fully saturated rings. The zero-order valence-electron chi connectivity index (χ0n) is 19.9. The summed E-state index contributed by atoms with van der Waals surface area (Å²) < 4.78 is 8.50. The third-order valence-corrected chi connectivity index (χ3v) is 7.50. The number of para-hydroxylation sites is 1. The highest BCUT2D eigenvalue weighted by molar-refractivity contribution is 6.30. The largest absolute Gasteiger partial charge is 0.487 e. The number of ether oxygens (including phenoxy) is 1. The summed E-state index contributed by atoms with van der Waals surface area (Å²) in [5.74, 6) is 0.847. The molecule has 0 spiro atoms. The minimum atomic E-state index is 0.551. The van der Waals surface area contributed by atoms with Gasteiger partial charge in [-0.3, -0.25) is 4.90 Å². The van der Waals surface area contributed by atoms with Crippen molar-refractivity contribution in [3.63, 3.8) is 0 Å². The number of benzene rings is 3. The summed E-state index contributed by atoms with van der Waals surface area (Å²) >= 11 is 6.05. The van der Waals surface area contributed by atoms with E-state index >= 15 is 0 Å². The maximum Gasteiger partial charge on any atom is 0.128 e. The predicted molar refractivity (Wildman–Crippen MR) is 142 cm³/mol. The Morgan fingerprint density at radius 1 is 0.912 bits per heavy atom. The van der Waals surface area contributed by atoms with Crippen LogP contribution in [0.5, 0.6) is 5.75 Å². The summed E-state index contributed by atoms with van der Waals surface area (Å²) in [7, 11) is 2.16. The van der Waals surface area contributed by atoms with Gasteiger partial charge in [0.1, 0.15) is 12.4 Å². The molecule has 4 aromatic rings. The molecule has 0 radical (unpaired) electrons. The van der Waals surface area contributed by atoms with E-state index in [9.17, 15) is 0 Å². The third kappa shape index (κ3) is 5.16. The van der Waals surface area contributed by atoms with Crippen LogP contribution in [0, 0.1) is 0 Å².